The molecule has 0 aliphatic heterocycles. The smallest absolute Gasteiger partial charge is 0.339 e. The zero-order valence-corrected chi connectivity index (χ0v) is 12.6. The van der Waals surface area contributed by atoms with Gasteiger partial charge in [-0.2, -0.15) is 0 Å². The number of ketones is 1. The Morgan fingerprint density at radius 1 is 1.14 bits per heavy atom. The molecule has 1 fully saturated rings. The Hall–Kier alpha value is -2.04. The number of ether oxygens (including phenoxy) is 3. The number of Topliss-reactive ketones (excluding diaryl/α,β-unsaturated/α-hetero) is 1. The van der Waals surface area contributed by atoms with Crippen LogP contribution in [0.5, 0.6) is 11.5 Å². The van der Waals surface area contributed by atoms with Crippen LogP contribution in [0.25, 0.3) is 0 Å². The molecule has 1 saturated carbocycles. The monoisotopic (exact) mass is 292 g/mol. The third-order valence-corrected chi connectivity index (χ3v) is 3.74. The van der Waals surface area contributed by atoms with E-state index in [1.165, 1.54) is 14.2 Å². The lowest BCUT2D eigenvalue weighted by Gasteiger charge is -2.21. The molecule has 0 bridgehead atoms. The van der Waals surface area contributed by atoms with E-state index in [2.05, 4.69) is 0 Å². The first kappa shape index (κ1) is 15.4. The van der Waals surface area contributed by atoms with E-state index in [1.807, 2.05) is 6.92 Å². The molecule has 0 spiro atoms. The minimum Gasteiger partial charge on any atom is -0.496 e. The summed E-state index contributed by atoms with van der Waals surface area (Å²) in [7, 11) is 3.06. The van der Waals surface area contributed by atoms with Gasteiger partial charge in [0.15, 0.2) is 11.9 Å². The van der Waals surface area contributed by atoms with Crippen molar-refractivity contribution < 1.29 is 23.8 Å². The minimum absolute atomic E-state index is 0.000594. The molecule has 114 valence electrons. The minimum atomic E-state index is -0.621. The second kappa shape index (κ2) is 6.61. The summed E-state index contributed by atoms with van der Waals surface area (Å²) in [4.78, 5) is 24.0. The third kappa shape index (κ3) is 3.35. The topological polar surface area (TPSA) is 61.8 Å². The standard InChI is InChI=1S/C16H20O5/c1-10-14(19-2)8-11(9-15(10)20-3)16(18)21-13-7-5-4-6-12(13)17/h8-9,13H,4-7H2,1-3H3/t13-/m1/s1. The van der Waals surface area contributed by atoms with Crippen molar-refractivity contribution in [2.75, 3.05) is 14.2 Å². The molecule has 1 aromatic rings. The van der Waals surface area contributed by atoms with E-state index in [0.29, 0.717) is 29.9 Å². The molecule has 21 heavy (non-hydrogen) atoms. The Kier molecular flexibility index (Phi) is 4.83. The highest BCUT2D eigenvalue weighted by atomic mass is 16.5. The van der Waals surface area contributed by atoms with Gasteiger partial charge >= 0.3 is 5.97 Å². The number of esters is 1. The van der Waals surface area contributed by atoms with Gasteiger partial charge in [-0.3, -0.25) is 4.79 Å². The normalized spacial score (nSPS) is 18.2. The van der Waals surface area contributed by atoms with Crippen molar-refractivity contribution in [3.8, 4) is 11.5 Å². The van der Waals surface area contributed by atoms with Crippen LogP contribution in [0.4, 0.5) is 0 Å². The van der Waals surface area contributed by atoms with E-state index in [4.69, 9.17) is 14.2 Å². The maximum absolute atomic E-state index is 12.2. The maximum Gasteiger partial charge on any atom is 0.339 e. The molecular weight excluding hydrogens is 272 g/mol. The lowest BCUT2D eigenvalue weighted by Crippen LogP contribution is -2.30. The van der Waals surface area contributed by atoms with Crippen LogP contribution in [0.1, 0.15) is 41.6 Å². The largest absolute Gasteiger partial charge is 0.496 e. The molecule has 2 rings (SSSR count). The van der Waals surface area contributed by atoms with E-state index in [-0.39, 0.29) is 5.78 Å². The van der Waals surface area contributed by atoms with E-state index in [1.54, 1.807) is 12.1 Å². The van der Waals surface area contributed by atoms with Crippen molar-refractivity contribution in [2.45, 2.75) is 38.7 Å². The molecule has 1 aromatic carbocycles. The third-order valence-electron chi connectivity index (χ3n) is 3.74. The summed E-state index contributed by atoms with van der Waals surface area (Å²) in [5.41, 5.74) is 1.14. The Balaban J connectivity index is 2.20. The van der Waals surface area contributed by atoms with Crippen molar-refractivity contribution in [3.05, 3.63) is 23.3 Å². The predicted octanol–water partition coefficient (Wildman–Crippen LogP) is 2.68. The molecule has 0 amide bonds. The Morgan fingerprint density at radius 2 is 1.76 bits per heavy atom. The van der Waals surface area contributed by atoms with E-state index in [9.17, 15) is 9.59 Å². The fourth-order valence-corrected chi connectivity index (χ4v) is 2.48. The first-order valence-corrected chi connectivity index (χ1v) is 7.03. The summed E-state index contributed by atoms with van der Waals surface area (Å²) in [6.07, 6.45) is 2.25. The average Bonchev–Trinajstić information content (AvgIpc) is 2.49. The summed E-state index contributed by atoms with van der Waals surface area (Å²) < 4.78 is 15.8. The Morgan fingerprint density at radius 3 is 2.29 bits per heavy atom. The quantitative estimate of drug-likeness (QED) is 0.798. The number of rotatable bonds is 4. The van der Waals surface area contributed by atoms with Crippen LogP contribution in [-0.4, -0.2) is 32.1 Å². The van der Waals surface area contributed by atoms with Gasteiger partial charge in [-0.25, -0.2) is 4.79 Å². The first-order valence-electron chi connectivity index (χ1n) is 7.03. The number of benzene rings is 1. The maximum atomic E-state index is 12.2. The molecule has 5 nitrogen and oxygen atoms in total. The molecule has 0 heterocycles. The van der Waals surface area contributed by atoms with Gasteiger partial charge in [0.2, 0.25) is 0 Å². The molecule has 0 N–H and O–H groups in total. The zero-order chi connectivity index (χ0) is 15.4. The summed E-state index contributed by atoms with van der Waals surface area (Å²) in [5.74, 6) is 0.583. The van der Waals surface area contributed by atoms with E-state index < -0.39 is 12.1 Å². The molecule has 1 atom stereocenters. The lowest BCUT2D eigenvalue weighted by molar-refractivity contribution is -0.129. The molecule has 0 radical (unpaired) electrons. The molecule has 5 heteroatoms. The van der Waals surface area contributed by atoms with Crippen LogP contribution < -0.4 is 9.47 Å². The van der Waals surface area contributed by atoms with Gasteiger partial charge in [-0.1, -0.05) is 0 Å². The number of hydrogen-bond donors (Lipinski definition) is 0. The van der Waals surface area contributed by atoms with Gasteiger partial charge in [-0.05, 0) is 38.3 Å². The molecule has 1 aliphatic carbocycles. The number of carbonyl (C=O) groups is 2. The van der Waals surface area contributed by atoms with Crippen molar-refractivity contribution in [1.29, 1.82) is 0 Å². The average molecular weight is 292 g/mol. The van der Waals surface area contributed by atoms with Crippen molar-refractivity contribution >= 4 is 11.8 Å². The van der Waals surface area contributed by atoms with E-state index >= 15 is 0 Å². The first-order chi connectivity index (χ1) is 10.1. The van der Waals surface area contributed by atoms with Gasteiger partial charge in [0, 0.05) is 12.0 Å². The number of hydrogen-bond acceptors (Lipinski definition) is 5. The van der Waals surface area contributed by atoms with Gasteiger partial charge < -0.3 is 14.2 Å². The fourth-order valence-electron chi connectivity index (χ4n) is 2.48. The number of carbonyl (C=O) groups excluding carboxylic acids is 2. The molecule has 0 unspecified atom stereocenters. The zero-order valence-electron chi connectivity index (χ0n) is 12.6. The van der Waals surface area contributed by atoms with Crippen molar-refractivity contribution in [3.63, 3.8) is 0 Å². The van der Waals surface area contributed by atoms with Crippen LogP contribution in [-0.2, 0) is 9.53 Å². The fraction of sp³-hybridized carbons (Fsp3) is 0.500. The summed E-state index contributed by atoms with van der Waals surface area (Å²) in [5, 5.41) is 0. The van der Waals surface area contributed by atoms with Crippen molar-refractivity contribution in [1.82, 2.24) is 0 Å². The molecule has 0 aromatic heterocycles. The summed E-state index contributed by atoms with van der Waals surface area (Å²) in [6.45, 7) is 1.84. The van der Waals surface area contributed by atoms with Crippen LogP contribution in [0.3, 0.4) is 0 Å². The van der Waals surface area contributed by atoms with Crippen LogP contribution >= 0.6 is 0 Å². The molecule has 1 aliphatic rings. The van der Waals surface area contributed by atoms with Crippen LogP contribution in [0.15, 0.2) is 12.1 Å². The van der Waals surface area contributed by atoms with Crippen LogP contribution in [0.2, 0.25) is 0 Å². The predicted molar refractivity (Wildman–Crippen MR) is 77.0 cm³/mol. The van der Waals surface area contributed by atoms with Gasteiger partial charge in [0.25, 0.3) is 0 Å². The number of methoxy groups -OCH3 is 2. The molecule has 0 saturated heterocycles. The molecular formula is C16H20O5. The van der Waals surface area contributed by atoms with Crippen molar-refractivity contribution in [2.24, 2.45) is 0 Å². The Bertz CT molecular complexity index is 525. The van der Waals surface area contributed by atoms with Gasteiger partial charge in [0.1, 0.15) is 11.5 Å². The summed E-state index contributed by atoms with van der Waals surface area (Å²) >= 11 is 0. The summed E-state index contributed by atoms with van der Waals surface area (Å²) in [6, 6.07) is 3.21. The SMILES string of the molecule is COc1cc(C(=O)O[C@@H]2CCCCC2=O)cc(OC)c1C. The highest BCUT2D eigenvalue weighted by Crippen LogP contribution is 2.30. The highest BCUT2D eigenvalue weighted by molar-refractivity contribution is 5.94. The second-order valence-electron chi connectivity index (χ2n) is 5.11. The van der Waals surface area contributed by atoms with Gasteiger partial charge in [0.05, 0.1) is 19.8 Å². The highest BCUT2D eigenvalue weighted by Gasteiger charge is 2.27. The van der Waals surface area contributed by atoms with Crippen LogP contribution in [0, 0.1) is 6.92 Å². The Labute approximate surface area is 124 Å². The van der Waals surface area contributed by atoms with Gasteiger partial charge in [-0.15, -0.1) is 0 Å². The lowest BCUT2D eigenvalue weighted by atomic mass is 9.96. The second-order valence-corrected chi connectivity index (χ2v) is 5.11. The van der Waals surface area contributed by atoms with E-state index in [0.717, 1.165) is 18.4 Å².